The molecule has 3 aromatic rings. The van der Waals surface area contributed by atoms with Gasteiger partial charge in [0.05, 0.1) is 0 Å². The van der Waals surface area contributed by atoms with Crippen LogP contribution in [0.4, 0.5) is 0 Å². The molecule has 1 aromatic heterocycles. The average Bonchev–Trinajstić information content (AvgIpc) is 2.95. The minimum Gasteiger partial charge on any atom is -0.339 e. The zero-order valence-corrected chi connectivity index (χ0v) is 12.3. The van der Waals surface area contributed by atoms with Crippen molar-refractivity contribution in [2.75, 3.05) is 6.54 Å². The Labute approximate surface area is 124 Å². The van der Waals surface area contributed by atoms with Crippen LogP contribution in [0.15, 0.2) is 47.0 Å². The second-order valence-corrected chi connectivity index (χ2v) is 5.20. The predicted molar refractivity (Wildman–Crippen MR) is 84.1 cm³/mol. The molecule has 4 heteroatoms. The molecule has 4 nitrogen and oxygen atoms in total. The number of hydrogen-bond acceptors (Lipinski definition) is 4. The van der Waals surface area contributed by atoms with E-state index in [1.54, 1.807) is 0 Å². The molecule has 0 aliphatic heterocycles. The maximum atomic E-state index is 5.38. The van der Waals surface area contributed by atoms with Crippen molar-refractivity contribution in [3.05, 3.63) is 48.4 Å². The molecule has 0 spiro atoms. The minimum absolute atomic E-state index is 0.329. The van der Waals surface area contributed by atoms with Gasteiger partial charge in [0, 0.05) is 18.0 Å². The van der Waals surface area contributed by atoms with Gasteiger partial charge in [-0.25, -0.2) is 0 Å². The van der Waals surface area contributed by atoms with Crippen LogP contribution in [0.2, 0.25) is 0 Å². The van der Waals surface area contributed by atoms with Gasteiger partial charge in [-0.2, -0.15) is 4.98 Å². The Bertz CT molecular complexity index is 730. The topological polar surface area (TPSA) is 51.0 Å². The lowest BCUT2D eigenvalue weighted by molar-refractivity contribution is 0.363. The van der Waals surface area contributed by atoms with Crippen LogP contribution in [0.25, 0.3) is 22.2 Å². The highest BCUT2D eigenvalue weighted by molar-refractivity contribution is 5.94. The van der Waals surface area contributed by atoms with Crippen molar-refractivity contribution in [1.29, 1.82) is 0 Å². The average molecular weight is 281 g/mol. The van der Waals surface area contributed by atoms with E-state index in [1.807, 2.05) is 24.3 Å². The molecule has 0 bridgehead atoms. The van der Waals surface area contributed by atoms with Gasteiger partial charge in [-0.15, -0.1) is 0 Å². The van der Waals surface area contributed by atoms with Gasteiger partial charge < -0.3 is 9.84 Å². The third-order valence-corrected chi connectivity index (χ3v) is 3.53. The van der Waals surface area contributed by atoms with E-state index < -0.39 is 0 Å². The quantitative estimate of drug-likeness (QED) is 0.778. The Morgan fingerprint density at radius 1 is 1.14 bits per heavy atom. The molecule has 1 unspecified atom stereocenters. The molecule has 1 heterocycles. The molecule has 0 aliphatic rings. The number of aromatic nitrogens is 2. The van der Waals surface area contributed by atoms with E-state index in [9.17, 15) is 0 Å². The maximum absolute atomic E-state index is 5.38. The first kappa shape index (κ1) is 13.8. The van der Waals surface area contributed by atoms with Crippen LogP contribution < -0.4 is 5.32 Å². The first-order chi connectivity index (χ1) is 10.3. The van der Waals surface area contributed by atoms with Gasteiger partial charge in [-0.1, -0.05) is 54.5 Å². The summed E-state index contributed by atoms with van der Waals surface area (Å²) in [6.45, 7) is 5.14. The number of benzene rings is 2. The summed E-state index contributed by atoms with van der Waals surface area (Å²) in [5, 5.41) is 9.81. The van der Waals surface area contributed by atoms with E-state index in [0.717, 1.165) is 23.9 Å². The van der Waals surface area contributed by atoms with Crippen LogP contribution in [-0.2, 0) is 6.42 Å². The Morgan fingerprint density at radius 2 is 1.95 bits per heavy atom. The van der Waals surface area contributed by atoms with Crippen molar-refractivity contribution >= 4 is 10.8 Å². The van der Waals surface area contributed by atoms with Gasteiger partial charge in [0.15, 0.2) is 0 Å². The van der Waals surface area contributed by atoms with E-state index in [-0.39, 0.29) is 0 Å². The molecular formula is C17H19N3O. The normalized spacial score (nSPS) is 12.7. The minimum atomic E-state index is 0.329. The zero-order chi connectivity index (χ0) is 14.7. The number of rotatable bonds is 5. The second kappa shape index (κ2) is 6.06. The third-order valence-electron chi connectivity index (χ3n) is 3.53. The van der Waals surface area contributed by atoms with Gasteiger partial charge in [0.1, 0.15) is 0 Å². The van der Waals surface area contributed by atoms with Crippen LogP contribution in [0.3, 0.4) is 0 Å². The molecule has 0 radical (unpaired) electrons. The number of fused-ring (bicyclic) bond motifs is 1. The summed E-state index contributed by atoms with van der Waals surface area (Å²) < 4.78 is 5.38. The highest BCUT2D eigenvalue weighted by Crippen LogP contribution is 2.26. The summed E-state index contributed by atoms with van der Waals surface area (Å²) in [7, 11) is 0. The largest absolute Gasteiger partial charge is 0.339 e. The predicted octanol–water partition coefficient (Wildman–Crippen LogP) is 3.43. The maximum Gasteiger partial charge on any atom is 0.228 e. The smallest absolute Gasteiger partial charge is 0.228 e. The highest BCUT2D eigenvalue weighted by Gasteiger charge is 2.13. The summed E-state index contributed by atoms with van der Waals surface area (Å²) in [4.78, 5) is 4.54. The Balaban J connectivity index is 1.91. The number of nitrogens with zero attached hydrogens (tertiary/aromatic N) is 2. The first-order valence-corrected chi connectivity index (χ1v) is 7.32. The summed E-state index contributed by atoms with van der Waals surface area (Å²) in [6.07, 6.45) is 0.742. The molecule has 2 aromatic carbocycles. The van der Waals surface area contributed by atoms with Crippen molar-refractivity contribution in [3.8, 4) is 11.4 Å². The van der Waals surface area contributed by atoms with Gasteiger partial charge in [0.2, 0.25) is 11.7 Å². The SMILES string of the molecule is CCNC(C)Cc1nc(-c2cccc3ccccc23)no1. The van der Waals surface area contributed by atoms with E-state index in [1.165, 1.54) is 5.39 Å². The number of hydrogen-bond donors (Lipinski definition) is 1. The van der Waals surface area contributed by atoms with Crippen LogP contribution in [0.5, 0.6) is 0 Å². The summed E-state index contributed by atoms with van der Waals surface area (Å²) in [5.41, 5.74) is 1.01. The molecule has 108 valence electrons. The fourth-order valence-electron chi connectivity index (χ4n) is 2.55. The first-order valence-electron chi connectivity index (χ1n) is 7.32. The Kier molecular flexibility index (Phi) is 3.97. The number of likely N-dealkylation sites (N-methyl/N-ethyl adjacent to an activating group) is 1. The highest BCUT2D eigenvalue weighted by atomic mass is 16.5. The van der Waals surface area contributed by atoms with Crippen LogP contribution in [-0.4, -0.2) is 22.7 Å². The molecule has 0 saturated heterocycles. The van der Waals surface area contributed by atoms with E-state index in [0.29, 0.717) is 17.8 Å². The van der Waals surface area contributed by atoms with E-state index in [2.05, 4.69) is 47.5 Å². The molecule has 0 saturated carbocycles. The van der Waals surface area contributed by atoms with Crippen LogP contribution in [0.1, 0.15) is 19.7 Å². The standard InChI is InChI=1S/C17H19N3O/c1-3-18-12(2)11-16-19-17(20-21-16)15-10-6-8-13-7-4-5-9-14(13)15/h4-10,12,18H,3,11H2,1-2H3. The molecule has 1 N–H and O–H groups in total. The van der Waals surface area contributed by atoms with E-state index in [4.69, 9.17) is 4.52 Å². The van der Waals surface area contributed by atoms with Crippen LogP contribution >= 0.6 is 0 Å². The summed E-state index contributed by atoms with van der Waals surface area (Å²) in [5.74, 6) is 1.33. The fourth-order valence-corrected chi connectivity index (χ4v) is 2.55. The molecule has 0 aliphatic carbocycles. The molecule has 3 rings (SSSR count). The number of nitrogens with one attached hydrogen (secondary N) is 1. The zero-order valence-electron chi connectivity index (χ0n) is 12.3. The monoisotopic (exact) mass is 281 g/mol. The van der Waals surface area contributed by atoms with Crippen LogP contribution in [0, 0.1) is 0 Å². The van der Waals surface area contributed by atoms with E-state index >= 15 is 0 Å². The van der Waals surface area contributed by atoms with Crippen molar-refractivity contribution < 1.29 is 4.52 Å². The van der Waals surface area contributed by atoms with Gasteiger partial charge in [-0.05, 0) is 24.2 Å². The van der Waals surface area contributed by atoms with Crippen molar-refractivity contribution in [2.45, 2.75) is 26.3 Å². The fraction of sp³-hybridized carbons (Fsp3) is 0.294. The molecule has 0 fully saturated rings. The second-order valence-electron chi connectivity index (χ2n) is 5.20. The lowest BCUT2D eigenvalue weighted by Gasteiger charge is -2.07. The molecule has 21 heavy (non-hydrogen) atoms. The van der Waals surface area contributed by atoms with Crippen molar-refractivity contribution in [1.82, 2.24) is 15.5 Å². The van der Waals surface area contributed by atoms with Gasteiger partial charge >= 0.3 is 0 Å². The third kappa shape index (κ3) is 2.95. The lowest BCUT2D eigenvalue weighted by Crippen LogP contribution is -2.27. The van der Waals surface area contributed by atoms with Gasteiger partial charge in [0.25, 0.3) is 0 Å². The molecule has 0 amide bonds. The Hall–Kier alpha value is -2.20. The summed E-state index contributed by atoms with van der Waals surface area (Å²) in [6, 6.07) is 14.7. The van der Waals surface area contributed by atoms with Gasteiger partial charge in [-0.3, -0.25) is 0 Å². The Morgan fingerprint density at radius 3 is 2.81 bits per heavy atom. The molecule has 1 atom stereocenters. The summed E-state index contributed by atoms with van der Waals surface area (Å²) >= 11 is 0. The van der Waals surface area contributed by atoms with Crippen molar-refractivity contribution in [3.63, 3.8) is 0 Å². The lowest BCUT2D eigenvalue weighted by atomic mass is 10.0. The molecular weight excluding hydrogens is 262 g/mol. The van der Waals surface area contributed by atoms with Crippen molar-refractivity contribution in [2.24, 2.45) is 0 Å².